The van der Waals surface area contributed by atoms with Gasteiger partial charge in [0.2, 0.25) is 23.6 Å². The normalized spacial score (nSPS) is 18.9. The SMILES string of the molecule is CC[C@H](C)[C@@H]([C@@H](CC(=O)N1CCC[C@H]1[C@H](OC)[C@@H](C)C(=O)N[C@@H](Cc1ccccc1)C(=O)OC)OC)N(C)C(=O)[C@@H](NC(=O)[C@H](C(C)C)N(C)SC)C(C)C. The van der Waals surface area contributed by atoms with Gasteiger partial charge in [-0.3, -0.25) is 19.2 Å². The van der Waals surface area contributed by atoms with Crippen molar-refractivity contribution in [1.82, 2.24) is 24.7 Å². The van der Waals surface area contributed by atoms with Gasteiger partial charge in [0, 0.05) is 34.2 Å². The molecule has 1 aromatic carbocycles. The number of hydrogen-bond donors (Lipinski definition) is 2. The minimum absolute atomic E-state index is 0.00474. The van der Waals surface area contributed by atoms with Crippen LogP contribution in [0.25, 0.3) is 0 Å². The number of carbonyl (C=O) groups is 5. The molecular weight excluding hydrogens is 723 g/mol. The van der Waals surface area contributed by atoms with Gasteiger partial charge >= 0.3 is 5.97 Å². The van der Waals surface area contributed by atoms with Crippen LogP contribution in [0, 0.1) is 23.7 Å². The van der Waals surface area contributed by atoms with Crippen molar-refractivity contribution in [1.29, 1.82) is 0 Å². The minimum Gasteiger partial charge on any atom is -0.467 e. The Balaban J connectivity index is 2.29. The molecule has 2 rings (SSSR count). The molecule has 2 N–H and O–H groups in total. The quantitative estimate of drug-likeness (QED) is 0.130. The average Bonchev–Trinajstić information content (AvgIpc) is 3.65. The van der Waals surface area contributed by atoms with E-state index in [0.717, 1.165) is 18.4 Å². The maximum Gasteiger partial charge on any atom is 0.328 e. The largest absolute Gasteiger partial charge is 0.467 e. The standard InChI is InChI=1S/C41H69N5O8S/c1-14-27(6)36(44(8)40(50)34(25(2)3)43-39(49)35(26(4)5)45(9)55-13)32(52-10)24-33(47)46-22-18-21-31(46)37(53-11)28(7)38(48)42-30(41(51)54-12)23-29-19-16-15-17-20-29/h15-17,19-20,25-28,30-32,34-37H,14,18,21-24H2,1-13H3,(H,42,48)(H,43,49)/t27-,28+,30-,31-,32+,34-,35-,36-,37+/m0/s1. The first-order chi connectivity index (χ1) is 26.0. The highest BCUT2D eigenvalue weighted by Gasteiger charge is 2.43. The van der Waals surface area contributed by atoms with E-state index in [0.29, 0.717) is 13.0 Å². The third-order valence-electron chi connectivity index (χ3n) is 11.2. The third-order valence-corrected chi connectivity index (χ3v) is 12.0. The number of hydrogen-bond acceptors (Lipinski definition) is 10. The van der Waals surface area contributed by atoms with Crippen LogP contribution in [-0.2, 0) is 44.6 Å². The summed E-state index contributed by atoms with van der Waals surface area (Å²) in [5, 5.41) is 5.91. The Hall–Kier alpha value is -3.20. The number of nitrogens with zero attached hydrogens (tertiary/aromatic N) is 3. The van der Waals surface area contributed by atoms with Gasteiger partial charge in [0.15, 0.2) is 0 Å². The van der Waals surface area contributed by atoms with E-state index >= 15 is 0 Å². The fourth-order valence-electron chi connectivity index (χ4n) is 7.77. The first-order valence-corrected chi connectivity index (χ1v) is 20.8. The Morgan fingerprint density at radius 1 is 0.909 bits per heavy atom. The molecule has 1 saturated heterocycles. The zero-order valence-corrected chi connectivity index (χ0v) is 36.3. The second kappa shape index (κ2) is 23.1. The summed E-state index contributed by atoms with van der Waals surface area (Å²) in [4.78, 5) is 71.9. The van der Waals surface area contributed by atoms with E-state index in [4.69, 9.17) is 14.2 Å². The van der Waals surface area contributed by atoms with Crippen LogP contribution in [0.5, 0.6) is 0 Å². The molecule has 0 bridgehead atoms. The van der Waals surface area contributed by atoms with Crippen LogP contribution in [0.4, 0.5) is 0 Å². The van der Waals surface area contributed by atoms with Gasteiger partial charge in [-0.15, -0.1) is 0 Å². The highest BCUT2D eigenvalue weighted by atomic mass is 32.2. The Morgan fingerprint density at radius 2 is 1.55 bits per heavy atom. The van der Waals surface area contributed by atoms with Gasteiger partial charge in [-0.1, -0.05) is 97.2 Å². The van der Waals surface area contributed by atoms with Crippen molar-refractivity contribution in [2.75, 3.05) is 48.2 Å². The average molecular weight is 792 g/mol. The molecule has 1 aliphatic heterocycles. The van der Waals surface area contributed by atoms with Crippen molar-refractivity contribution in [2.24, 2.45) is 23.7 Å². The summed E-state index contributed by atoms with van der Waals surface area (Å²) in [6.07, 6.45) is 2.98. The van der Waals surface area contributed by atoms with Crippen molar-refractivity contribution in [3.05, 3.63) is 35.9 Å². The number of nitrogens with one attached hydrogen (secondary N) is 2. The lowest BCUT2D eigenvalue weighted by Crippen LogP contribution is -2.59. The maximum absolute atomic E-state index is 14.3. The van der Waals surface area contributed by atoms with Crippen LogP contribution in [0.15, 0.2) is 30.3 Å². The molecule has 0 spiro atoms. The molecule has 1 aliphatic rings. The summed E-state index contributed by atoms with van der Waals surface area (Å²) in [5.74, 6) is -2.45. The first-order valence-electron chi connectivity index (χ1n) is 19.6. The second-order valence-electron chi connectivity index (χ2n) is 15.5. The Kier molecular flexibility index (Phi) is 20.2. The molecule has 0 saturated carbocycles. The number of amides is 4. The number of methoxy groups -OCH3 is 3. The number of ether oxygens (including phenoxy) is 3. The molecule has 312 valence electrons. The molecule has 0 aromatic heterocycles. The van der Waals surface area contributed by atoms with Crippen molar-refractivity contribution < 1.29 is 38.2 Å². The molecule has 4 amide bonds. The zero-order valence-electron chi connectivity index (χ0n) is 35.5. The number of rotatable bonds is 22. The number of carbonyl (C=O) groups excluding carboxylic acids is 5. The van der Waals surface area contributed by atoms with Gasteiger partial charge in [0.25, 0.3) is 0 Å². The van der Waals surface area contributed by atoms with Crippen molar-refractivity contribution in [3.63, 3.8) is 0 Å². The summed E-state index contributed by atoms with van der Waals surface area (Å²) < 4.78 is 18.9. The van der Waals surface area contributed by atoms with Gasteiger partial charge in [0.05, 0.1) is 43.7 Å². The van der Waals surface area contributed by atoms with Gasteiger partial charge in [-0.25, -0.2) is 9.10 Å². The predicted molar refractivity (Wildman–Crippen MR) is 217 cm³/mol. The summed E-state index contributed by atoms with van der Waals surface area (Å²) in [7, 11) is 7.97. The monoisotopic (exact) mass is 791 g/mol. The van der Waals surface area contributed by atoms with E-state index < -0.39 is 54.3 Å². The summed E-state index contributed by atoms with van der Waals surface area (Å²) in [5.41, 5.74) is 0.876. The summed E-state index contributed by atoms with van der Waals surface area (Å²) >= 11 is 1.46. The fourth-order valence-corrected chi connectivity index (χ4v) is 8.33. The van der Waals surface area contributed by atoms with Gasteiger partial charge in [-0.2, -0.15) is 0 Å². The van der Waals surface area contributed by atoms with Gasteiger partial charge in [0.1, 0.15) is 18.1 Å². The number of likely N-dealkylation sites (N-methyl/N-ethyl adjacent to an activating group) is 2. The van der Waals surface area contributed by atoms with Crippen molar-refractivity contribution >= 4 is 41.5 Å². The second-order valence-corrected chi connectivity index (χ2v) is 16.5. The molecule has 1 aromatic rings. The van der Waals surface area contributed by atoms with Gasteiger partial charge in [-0.05, 0) is 49.5 Å². The highest BCUT2D eigenvalue weighted by Crippen LogP contribution is 2.30. The van der Waals surface area contributed by atoms with E-state index in [1.807, 2.05) is 89.5 Å². The molecule has 0 aliphatic carbocycles. The number of esters is 1. The lowest BCUT2D eigenvalue weighted by atomic mass is 9.89. The van der Waals surface area contributed by atoms with Crippen LogP contribution in [0.1, 0.15) is 79.7 Å². The van der Waals surface area contributed by atoms with E-state index in [1.165, 1.54) is 26.2 Å². The number of likely N-dealkylation sites (tertiary alicyclic amines) is 1. The molecule has 0 radical (unpaired) electrons. The summed E-state index contributed by atoms with van der Waals surface area (Å²) in [6, 6.07) is 6.43. The fraction of sp³-hybridized carbons (Fsp3) is 0.732. The smallest absolute Gasteiger partial charge is 0.328 e. The zero-order chi connectivity index (χ0) is 41.6. The topological polar surface area (TPSA) is 147 Å². The molecule has 13 nitrogen and oxygen atoms in total. The Labute approximate surface area is 334 Å². The third kappa shape index (κ3) is 12.9. The molecular formula is C41H69N5O8S. The molecule has 1 heterocycles. The van der Waals surface area contributed by atoms with Gasteiger partial charge < -0.3 is 34.6 Å². The molecule has 0 unspecified atom stereocenters. The molecule has 55 heavy (non-hydrogen) atoms. The summed E-state index contributed by atoms with van der Waals surface area (Å²) in [6.45, 7) is 14.1. The number of benzene rings is 1. The van der Waals surface area contributed by atoms with E-state index in [1.54, 1.807) is 30.9 Å². The molecule has 9 atom stereocenters. The lowest BCUT2D eigenvalue weighted by Gasteiger charge is -2.41. The van der Waals surface area contributed by atoms with Crippen LogP contribution < -0.4 is 10.6 Å². The van der Waals surface area contributed by atoms with E-state index in [2.05, 4.69) is 10.6 Å². The predicted octanol–water partition coefficient (Wildman–Crippen LogP) is 4.18. The highest BCUT2D eigenvalue weighted by molar-refractivity contribution is 7.96. The van der Waals surface area contributed by atoms with Crippen LogP contribution in [0.3, 0.4) is 0 Å². The Bertz CT molecular complexity index is 1380. The Morgan fingerprint density at radius 3 is 2.05 bits per heavy atom. The van der Waals surface area contributed by atoms with E-state index in [9.17, 15) is 24.0 Å². The van der Waals surface area contributed by atoms with Crippen LogP contribution in [0.2, 0.25) is 0 Å². The van der Waals surface area contributed by atoms with Crippen LogP contribution in [-0.4, -0.2) is 134 Å². The van der Waals surface area contributed by atoms with Crippen LogP contribution >= 0.6 is 11.9 Å². The molecule has 14 heteroatoms. The first kappa shape index (κ1) is 48.0. The van der Waals surface area contributed by atoms with Crippen molar-refractivity contribution in [3.8, 4) is 0 Å². The van der Waals surface area contributed by atoms with E-state index in [-0.39, 0.29) is 54.2 Å². The molecule has 1 fully saturated rings. The van der Waals surface area contributed by atoms with Crippen molar-refractivity contribution in [2.45, 2.75) is 123 Å². The minimum atomic E-state index is -0.891. The maximum atomic E-state index is 14.3. The lowest BCUT2D eigenvalue weighted by molar-refractivity contribution is -0.149.